The Bertz CT molecular complexity index is 736. The van der Waals surface area contributed by atoms with E-state index >= 15 is 0 Å². The Morgan fingerprint density at radius 3 is 2.29 bits per heavy atom. The molecule has 2 saturated heterocycles. The summed E-state index contributed by atoms with van der Waals surface area (Å²) in [5.74, 6) is 0.773. The van der Waals surface area contributed by atoms with Crippen molar-refractivity contribution < 1.29 is 14.3 Å². The molecule has 0 radical (unpaired) electrons. The molecule has 1 aliphatic carbocycles. The highest BCUT2D eigenvalue weighted by molar-refractivity contribution is 8.00. The quantitative estimate of drug-likeness (QED) is 0.722. The van der Waals surface area contributed by atoms with Crippen molar-refractivity contribution in [3.63, 3.8) is 0 Å². The lowest BCUT2D eigenvalue weighted by molar-refractivity contribution is -0.161. The van der Waals surface area contributed by atoms with Crippen molar-refractivity contribution >= 4 is 17.7 Å². The van der Waals surface area contributed by atoms with Crippen LogP contribution in [0.4, 0.5) is 0 Å². The Balaban J connectivity index is 1.31. The van der Waals surface area contributed by atoms with Crippen LogP contribution in [-0.2, 0) is 14.3 Å². The molecule has 5 rings (SSSR count). The monoisotopic (exact) mass is 402 g/mol. The van der Waals surface area contributed by atoms with E-state index in [-0.39, 0.29) is 18.2 Å². The van der Waals surface area contributed by atoms with Gasteiger partial charge < -0.3 is 14.4 Å². The SMILES string of the molecule is CO[C@@H]1CC[C@H](OC(=O)CN2CCN(C)CC2)C2C1[C@H]1S[C@@H]2c2ccccc21. The van der Waals surface area contributed by atoms with Crippen molar-refractivity contribution in [2.24, 2.45) is 11.8 Å². The minimum absolute atomic E-state index is 0.0206. The first-order valence-electron chi connectivity index (χ1n) is 10.5. The summed E-state index contributed by atoms with van der Waals surface area (Å²) < 4.78 is 12.0. The van der Waals surface area contributed by atoms with Crippen LogP contribution in [0.1, 0.15) is 34.5 Å². The molecule has 0 spiro atoms. The summed E-state index contributed by atoms with van der Waals surface area (Å²) in [6.07, 6.45) is 2.19. The van der Waals surface area contributed by atoms with Crippen molar-refractivity contribution in [1.82, 2.24) is 9.80 Å². The summed E-state index contributed by atoms with van der Waals surface area (Å²) in [5, 5.41) is 0.917. The Morgan fingerprint density at radius 1 is 1.04 bits per heavy atom. The molecule has 4 aliphatic rings. The van der Waals surface area contributed by atoms with Gasteiger partial charge in [-0.05, 0) is 31.0 Å². The van der Waals surface area contributed by atoms with Gasteiger partial charge >= 0.3 is 5.97 Å². The second kappa shape index (κ2) is 7.63. The fourth-order valence-corrected chi connectivity index (χ4v) is 7.85. The molecule has 6 atom stereocenters. The lowest BCUT2D eigenvalue weighted by atomic mass is 9.66. The van der Waals surface area contributed by atoms with Gasteiger partial charge in [0.1, 0.15) is 6.10 Å². The van der Waals surface area contributed by atoms with E-state index in [0.29, 0.717) is 28.9 Å². The van der Waals surface area contributed by atoms with Gasteiger partial charge in [0.2, 0.25) is 0 Å². The van der Waals surface area contributed by atoms with Crippen molar-refractivity contribution in [3.05, 3.63) is 35.4 Å². The maximum atomic E-state index is 12.7. The van der Waals surface area contributed by atoms with Gasteiger partial charge in [0, 0.05) is 55.6 Å². The minimum atomic E-state index is -0.0507. The zero-order valence-corrected chi connectivity index (χ0v) is 17.6. The first-order chi connectivity index (χ1) is 13.7. The molecule has 1 saturated carbocycles. The number of thioether (sulfide) groups is 1. The molecule has 1 aromatic rings. The molecule has 3 heterocycles. The molecule has 2 unspecified atom stereocenters. The van der Waals surface area contributed by atoms with Gasteiger partial charge in [0.05, 0.1) is 12.6 Å². The predicted molar refractivity (Wildman–Crippen MR) is 110 cm³/mol. The fourth-order valence-electron chi connectivity index (χ4n) is 5.74. The van der Waals surface area contributed by atoms with Gasteiger partial charge in [-0.1, -0.05) is 24.3 Å². The van der Waals surface area contributed by atoms with Crippen LogP contribution in [0.3, 0.4) is 0 Å². The summed E-state index contributed by atoms with van der Waals surface area (Å²) in [6, 6.07) is 8.83. The van der Waals surface area contributed by atoms with Crippen LogP contribution in [0.25, 0.3) is 0 Å². The highest BCUT2D eigenvalue weighted by Crippen LogP contribution is 2.70. The molecular formula is C22H30N2O3S. The number of piperazine rings is 1. The molecule has 3 fully saturated rings. The number of esters is 1. The van der Waals surface area contributed by atoms with E-state index in [1.54, 1.807) is 0 Å². The molecule has 6 heteroatoms. The lowest BCUT2D eigenvalue weighted by Gasteiger charge is -2.44. The number of methoxy groups -OCH3 is 1. The second-order valence-electron chi connectivity index (χ2n) is 8.72. The van der Waals surface area contributed by atoms with Gasteiger partial charge in [-0.25, -0.2) is 0 Å². The van der Waals surface area contributed by atoms with E-state index in [1.165, 1.54) is 11.1 Å². The van der Waals surface area contributed by atoms with Crippen LogP contribution in [0.5, 0.6) is 0 Å². The zero-order valence-electron chi connectivity index (χ0n) is 16.8. The van der Waals surface area contributed by atoms with Gasteiger partial charge in [-0.3, -0.25) is 9.69 Å². The first-order valence-corrected chi connectivity index (χ1v) is 11.5. The Kier molecular flexibility index (Phi) is 5.16. The molecular weight excluding hydrogens is 372 g/mol. The van der Waals surface area contributed by atoms with Crippen molar-refractivity contribution in [2.75, 3.05) is 46.9 Å². The van der Waals surface area contributed by atoms with E-state index in [9.17, 15) is 4.79 Å². The smallest absolute Gasteiger partial charge is 0.320 e. The number of hydrogen-bond donors (Lipinski definition) is 0. The van der Waals surface area contributed by atoms with Crippen molar-refractivity contribution in [2.45, 2.75) is 35.5 Å². The van der Waals surface area contributed by atoms with Crippen LogP contribution in [0, 0.1) is 11.8 Å². The standard InChI is InChI=1S/C22H30N2O3S/c1-23-9-11-24(12-10-23)13-18(25)27-17-8-7-16(26-2)19-20(17)22-15-6-4-3-5-14(15)21(19)28-22/h3-6,16-17,19-22H,7-13H2,1-2H3/t16-,17+,19?,20?,21+,22-/m1/s1. The first kappa shape index (κ1) is 18.9. The Morgan fingerprint density at radius 2 is 1.64 bits per heavy atom. The minimum Gasteiger partial charge on any atom is -0.461 e. The number of rotatable bonds is 4. The molecule has 5 nitrogen and oxygen atoms in total. The highest BCUT2D eigenvalue weighted by Gasteiger charge is 2.59. The number of carbonyl (C=O) groups excluding carboxylic acids is 1. The maximum absolute atomic E-state index is 12.7. The van der Waals surface area contributed by atoms with Crippen molar-refractivity contribution in [3.8, 4) is 0 Å². The maximum Gasteiger partial charge on any atom is 0.320 e. The number of carbonyl (C=O) groups is 1. The summed E-state index contributed by atoms with van der Waals surface area (Å²) >= 11 is 2.06. The number of ether oxygens (including phenoxy) is 2. The molecule has 0 aromatic heterocycles. The van der Waals surface area contributed by atoms with E-state index in [4.69, 9.17) is 9.47 Å². The number of hydrogen-bond acceptors (Lipinski definition) is 6. The number of nitrogens with zero attached hydrogens (tertiary/aromatic N) is 2. The highest BCUT2D eigenvalue weighted by atomic mass is 32.2. The number of fused-ring (bicyclic) bond motifs is 8. The van der Waals surface area contributed by atoms with E-state index < -0.39 is 0 Å². The van der Waals surface area contributed by atoms with E-state index in [1.807, 2.05) is 7.11 Å². The lowest BCUT2D eigenvalue weighted by Crippen LogP contribution is -2.49. The summed E-state index contributed by atoms with van der Waals surface area (Å²) in [7, 11) is 3.97. The van der Waals surface area contributed by atoms with E-state index in [2.05, 4.69) is 52.9 Å². The third-order valence-electron chi connectivity index (χ3n) is 7.17. The average Bonchev–Trinajstić information content (AvgIpc) is 3.28. The van der Waals surface area contributed by atoms with Crippen LogP contribution in [0.2, 0.25) is 0 Å². The normalized spacial score (nSPS) is 37.5. The topological polar surface area (TPSA) is 42.0 Å². The fraction of sp³-hybridized carbons (Fsp3) is 0.682. The summed E-state index contributed by atoms with van der Waals surface area (Å²) in [4.78, 5) is 17.3. The molecule has 2 bridgehead atoms. The van der Waals surface area contributed by atoms with Gasteiger partial charge in [0.15, 0.2) is 0 Å². The molecule has 28 heavy (non-hydrogen) atoms. The van der Waals surface area contributed by atoms with Crippen LogP contribution in [-0.4, -0.2) is 74.9 Å². The third kappa shape index (κ3) is 3.18. The van der Waals surface area contributed by atoms with Gasteiger partial charge in [-0.2, -0.15) is 0 Å². The molecule has 3 aliphatic heterocycles. The predicted octanol–water partition coefficient (Wildman–Crippen LogP) is 2.73. The van der Waals surface area contributed by atoms with Gasteiger partial charge in [0.25, 0.3) is 0 Å². The van der Waals surface area contributed by atoms with Gasteiger partial charge in [-0.15, -0.1) is 11.8 Å². The summed E-state index contributed by atoms with van der Waals surface area (Å²) in [6.45, 7) is 4.36. The molecule has 0 N–H and O–H groups in total. The van der Waals surface area contributed by atoms with Crippen LogP contribution < -0.4 is 0 Å². The van der Waals surface area contributed by atoms with E-state index in [0.717, 1.165) is 39.0 Å². The van der Waals surface area contributed by atoms with Crippen LogP contribution in [0.15, 0.2) is 24.3 Å². The number of benzene rings is 1. The molecule has 1 aromatic carbocycles. The molecule has 152 valence electrons. The van der Waals surface area contributed by atoms with Crippen molar-refractivity contribution in [1.29, 1.82) is 0 Å². The van der Waals surface area contributed by atoms with Crippen LogP contribution >= 0.6 is 11.8 Å². The summed E-state index contributed by atoms with van der Waals surface area (Å²) in [5.41, 5.74) is 2.93. The largest absolute Gasteiger partial charge is 0.461 e. The average molecular weight is 403 g/mol. The second-order valence-corrected chi connectivity index (χ2v) is 10.0. The Hall–Kier alpha value is -1.08. The Labute approximate surface area is 171 Å². The number of likely N-dealkylation sites (N-methyl/N-ethyl adjacent to an activating group) is 1. The molecule has 0 amide bonds. The third-order valence-corrected chi connectivity index (χ3v) is 8.90. The zero-order chi connectivity index (χ0) is 19.3.